The molecular formula is C11H19NO. The second-order valence-electron chi connectivity index (χ2n) is 3.11. The van der Waals surface area contributed by atoms with Gasteiger partial charge in [-0.1, -0.05) is 31.9 Å². The number of carbonyl (C=O) groups is 1. The molecule has 0 aromatic rings. The molecule has 2 heteroatoms. The lowest BCUT2D eigenvalue weighted by atomic mass is 10.0. The first-order valence-electron chi connectivity index (χ1n) is 4.79. The lowest BCUT2D eigenvalue weighted by molar-refractivity contribution is -0.110. The molecule has 1 unspecified atom stereocenters. The molecule has 74 valence electrons. The molecule has 0 aliphatic heterocycles. The summed E-state index contributed by atoms with van der Waals surface area (Å²) in [5.41, 5.74) is 6.32. The van der Waals surface area contributed by atoms with Gasteiger partial charge in [-0.2, -0.15) is 0 Å². The monoisotopic (exact) mass is 181 g/mol. The molecule has 0 rings (SSSR count). The van der Waals surface area contributed by atoms with E-state index >= 15 is 0 Å². The Bertz CT molecular complexity index is 194. The van der Waals surface area contributed by atoms with E-state index in [1.807, 2.05) is 25.2 Å². The fourth-order valence-corrected chi connectivity index (χ4v) is 1.13. The molecular weight excluding hydrogens is 162 g/mol. The topological polar surface area (TPSA) is 43.1 Å². The Kier molecular flexibility index (Phi) is 6.98. The standard InChI is InChI=1S/C11H19NO/c1-3-5-7-10(9-13)8-11(12)6-4-2/h4,6,8-10H,3,5,7,12H2,1-2H3/b6-4-,11-8+. The van der Waals surface area contributed by atoms with E-state index in [0.29, 0.717) is 5.70 Å². The largest absolute Gasteiger partial charge is 0.399 e. The molecule has 0 heterocycles. The average Bonchev–Trinajstić information content (AvgIpc) is 2.12. The highest BCUT2D eigenvalue weighted by atomic mass is 16.1. The Labute approximate surface area is 80.5 Å². The number of carbonyl (C=O) groups excluding carboxylic acids is 1. The van der Waals surface area contributed by atoms with Crippen molar-refractivity contribution in [3.8, 4) is 0 Å². The van der Waals surface area contributed by atoms with Crippen LogP contribution in [0.3, 0.4) is 0 Å². The number of nitrogens with two attached hydrogens (primary N) is 1. The van der Waals surface area contributed by atoms with Crippen molar-refractivity contribution in [1.29, 1.82) is 0 Å². The molecule has 0 amide bonds. The summed E-state index contributed by atoms with van der Waals surface area (Å²) in [6, 6.07) is 0. The van der Waals surface area contributed by atoms with Gasteiger partial charge in [0.25, 0.3) is 0 Å². The maximum absolute atomic E-state index is 10.6. The molecule has 0 radical (unpaired) electrons. The first kappa shape index (κ1) is 11.9. The minimum Gasteiger partial charge on any atom is -0.399 e. The lowest BCUT2D eigenvalue weighted by Crippen LogP contribution is -2.03. The molecule has 0 fully saturated rings. The smallest absolute Gasteiger partial charge is 0.126 e. The van der Waals surface area contributed by atoms with Gasteiger partial charge in [-0.3, -0.25) is 0 Å². The minimum absolute atomic E-state index is 0.0175. The predicted octanol–water partition coefficient (Wildman–Crippen LogP) is 2.41. The lowest BCUT2D eigenvalue weighted by Gasteiger charge is -2.03. The molecule has 0 aliphatic rings. The van der Waals surface area contributed by atoms with Crippen LogP contribution in [0.4, 0.5) is 0 Å². The third-order valence-corrected chi connectivity index (χ3v) is 1.83. The minimum atomic E-state index is -0.0175. The van der Waals surface area contributed by atoms with Gasteiger partial charge in [0.1, 0.15) is 6.29 Å². The number of aldehydes is 1. The van der Waals surface area contributed by atoms with Gasteiger partial charge in [0.05, 0.1) is 0 Å². The van der Waals surface area contributed by atoms with Gasteiger partial charge >= 0.3 is 0 Å². The van der Waals surface area contributed by atoms with Gasteiger partial charge in [-0.05, 0) is 19.4 Å². The first-order chi connectivity index (χ1) is 6.24. The number of unbranched alkanes of at least 4 members (excludes halogenated alkanes) is 1. The second-order valence-corrected chi connectivity index (χ2v) is 3.11. The molecule has 1 atom stereocenters. The first-order valence-corrected chi connectivity index (χ1v) is 4.79. The third kappa shape index (κ3) is 6.14. The molecule has 0 aromatic heterocycles. The normalized spacial score (nSPS) is 14.8. The summed E-state index contributed by atoms with van der Waals surface area (Å²) in [6.45, 7) is 4.02. The summed E-state index contributed by atoms with van der Waals surface area (Å²) >= 11 is 0. The molecule has 0 spiro atoms. The van der Waals surface area contributed by atoms with Gasteiger partial charge in [0.15, 0.2) is 0 Å². The predicted molar refractivity (Wildman–Crippen MR) is 56.2 cm³/mol. The highest BCUT2D eigenvalue weighted by molar-refractivity contribution is 5.57. The quantitative estimate of drug-likeness (QED) is 0.505. The van der Waals surface area contributed by atoms with E-state index in [1.165, 1.54) is 0 Å². The van der Waals surface area contributed by atoms with E-state index in [-0.39, 0.29) is 5.92 Å². The van der Waals surface area contributed by atoms with Crippen molar-refractivity contribution in [1.82, 2.24) is 0 Å². The van der Waals surface area contributed by atoms with Crippen LogP contribution in [0.15, 0.2) is 23.9 Å². The third-order valence-electron chi connectivity index (χ3n) is 1.83. The summed E-state index contributed by atoms with van der Waals surface area (Å²) in [5.74, 6) is -0.0175. The van der Waals surface area contributed by atoms with Crippen molar-refractivity contribution >= 4 is 6.29 Å². The maximum Gasteiger partial charge on any atom is 0.126 e. The van der Waals surface area contributed by atoms with Crippen molar-refractivity contribution in [2.75, 3.05) is 0 Å². The van der Waals surface area contributed by atoms with Gasteiger partial charge in [-0.25, -0.2) is 0 Å². The van der Waals surface area contributed by atoms with E-state index in [4.69, 9.17) is 5.73 Å². The summed E-state index contributed by atoms with van der Waals surface area (Å²) in [6.07, 6.45) is 9.55. The molecule has 0 saturated carbocycles. The Hall–Kier alpha value is -1.05. The summed E-state index contributed by atoms with van der Waals surface area (Å²) in [5, 5.41) is 0. The van der Waals surface area contributed by atoms with Crippen LogP contribution < -0.4 is 5.73 Å². The van der Waals surface area contributed by atoms with Crippen LogP contribution in [0.1, 0.15) is 33.1 Å². The van der Waals surface area contributed by atoms with Crippen LogP contribution >= 0.6 is 0 Å². The van der Waals surface area contributed by atoms with Crippen LogP contribution in [0.5, 0.6) is 0 Å². The van der Waals surface area contributed by atoms with Crippen molar-refractivity contribution in [3.05, 3.63) is 23.9 Å². The highest BCUT2D eigenvalue weighted by Crippen LogP contribution is 2.08. The number of hydrogen-bond acceptors (Lipinski definition) is 2. The van der Waals surface area contributed by atoms with E-state index in [1.54, 1.807) is 0 Å². The van der Waals surface area contributed by atoms with E-state index < -0.39 is 0 Å². The van der Waals surface area contributed by atoms with E-state index in [2.05, 4.69) is 6.92 Å². The fraction of sp³-hybridized carbons (Fsp3) is 0.545. The SMILES string of the molecule is C/C=C\C(N)=C/C(C=O)CCCC. The van der Waals surface area contributed by atoms with Crippen molar-refractivity contribution in [2.24, 2.45) is 11.7 Å². The second kappa shape index (κ2) is 7.59. The number of rotatable bonds is 6. The molecule has 0 bridgehead atoms. The summed E-state index contributed by atoms with van der Waals surface area (Å²) in [7, 11) is 0. The van der Waals surface area contributed by atoms with Crippen molar-refractivity contribution in [2.45, 2.75) is 33.1 Å². The van der Waals surface area contributed by atoms with E-state index in [9.17, 15) is 4.79 Å². The van der Waals surface area contributed by atoms with Crippen LogP contribution in [0, 0.1) is 5.92 Å². The molecule has 2 nitrogen and oxygen atoms in total. The van der Waals surface area contributed by atoms with Crippen molar-refractivity contribution in [3.63, 3.8) is 0 Å². The van der Waals surface area contributed by atoms with E-state index in [0.717, 1.165) is 25.5 Å². The van der Waals surface area contributed by atoms with Crippen LogP contribution in [0.2, 0.25) is 0 Å². The van der Waals surface area contributed by atoms with Crippen LogP contribution in [0.25, 0.3) is 0 Å². The van der Waals surface area contributed by atoms with Crippen LogP contribution in [-0.4, -0.2) is 6.29 Å². The zero-order valence-corrected chi connectivity index (χ0v) is 8.49. The molecule has 0 aliphatic carbocycles. The fourth-order valence-electron chi connectivity index (χ4n) is 1.13. The maximum atomic E-state index is 10.6. The molecule has 13 heavy (non-hydrogen) atoms. The highest BCUT2D eigenvalue weighted by Gasteiger charge is 2.02. The Morgan fingerprint density at radius 2 is 2.23 bits per heavy atom. The molecule has 0 saturated heterocycles. The summed E-state index contributed by atoms with van der Waals surface area (Å²) in [4.78, 5) is 10.6. The van der Waals surface area contributed by atoms with Gasteiger partial charge in [0.2, 0.25) is 0 Å². The average molecular weight is 181 g/mol. The van der Waals surface area contributed by atoms with Crippen molar-refractivity contribution < 1.29 is 4.79 Å². The Morgan fingerprint density at radius 1 is 1.54 bits per heavy atom. The Balaban J connectivity index is 4.08. The molecule has 2 N–H and O–H groups in total. The summed E-state index contributed by atoms with van der Waals surface area (Å²) < 4.78 is 0. The van der Waals surface area contributed by atoms with Gasteiger partial charge in [0, 0.05) is 11.6 Å². The van der Waals surface area contributed by atoms with Gasteiger partial charge < -0.3 is 10.5 Å². The Morgan fingerprint density at radius 3 is 2.69 bits per heavy atom. The van der Waals surface area contributed by atoms with Crippen LogP contribution in [-0.2, 0) is 4.79 Å². The van der Waals surface area contributed by atoms with Gasteiger partial charge in [-0.15, -0.1) is 0 Å². The zero-order valence-electron chi connectivity index (χ0n) is 8.49. The zero-order chi connectivity index (χ0) is 10.1. The number of hydrogen-bond donors (Lipinski definition) is 1. The molecule has 0 aromatic carbocycles. The number of allylic oxidation sites excluding steroid dienone is 3.